The molecule has 1 aromatic carbocycles. The fourth-order valence-corrected chi connectivity index (χ4v) is 3.11. The molecular weight excluding hydrogens is 398 g/mol. The first-order valence-electron chi connectivity index (χ1n) is 9.53. The van der Waals surface area contributed by atoms with Gasteiger partial charge in [-0.25, -0.2) is 14.8 Å². The molecule has 10 nitrogen and oxygen atoms in total. The zero-order chi connectivity index (χ0) is 22.0. The van der Waals surface area contributed by atoms with Crippen LogP contribution in [-0.2, 0) is 13.7 Å². The molecule has 3 heterocycles. The van der Waals surface area contributed by atoms with Gasteiger partial charge in [0.15, 0.2) is 0 Å². The van der Waals surface area contributed by atoms with Gasteiger partial charge in [0.2, 0.25) is 11.8 Å². The molecule has 0 bridgehead atoms. The van der Waals surface area contributed by atoms with Crippen molar-refractivity contribution in [2.45, 2.75) is 20.5 Å². The summed E-state index contributed by atoms with van der Waals surface area (Å²) in [5.41, 5.74) is 3.35. The number of pyridine rings is 1. The number of tetrazole rings is 1. The van der Waals surface area contributed by atoms with E-state index in [0.29, 0.717) is 34.5 Å². The second-order valence-electron chi connectivity index (χ2n) is 6.86. The predicted molar refractivity (Wildman–Crippen MR) is 112 cm³/mol. The molecule has 0 unspecified atom stereocenters. The highest BCUT2D eigenvalue weighted by Gasteiger charge is 2.15. The van der Waals surface area contributed by atoms with Crippen molar-refractivity contribution in [2.24, 2.45) is 7.05 Å². The molecule has 0 amide bonds. The maximum atomic E-state index is 12.3. The lowest BCUT2D eigenvalue weighted by molar-refractivity contribution is 0.293. The van der Waals surface area contributed by atoms with Gasteiger partial charge in [0, 0.05) is 24.9 Å². The van der Waals surface area contributed by atoms with Gasteiger partial charge in [-0.05, 0) is 42.0 Å². The lowest BCUT2D eigenvalue weighted by Crippen LogP contribution is -2.23. The number of benzene rings is 1. The summed E-state index contributed by atoms with van der Waals surface area (Å²) in [6.45, 7) is 3.94. The van der Waals surface area contributed by atoms with Crippen LogP contribution in [0.3, 0.4) is 0 Å². The minimum atomic E-state index is -0.335. The zero-order valence-electron chi connectivity index (χ0n) is 17.6. The molecule has 0 saturated heterocycles. The van der Waals surface area contributed by atoms with Crippen LogP contribution < -0.4 is 15.2 Å². The van der Waals surface area contributed by atoms with Crippen molar-refractivity contribution in [3.05, 3.63) is 70.0 Å². The molecule has 0 saturated carbocycles. The normalized spacial score (nSPS) is 10.8. The molecule has 0 aliphatic carbocycles. The maximum absolute atomic E-state index is 12.3. The summed E-state index contributed by atoms with van der Waals surface area (Å²) in [7, 11) is 3.11. The van der Waals surface area contributed by atoms with Gasteiger partial charge in [0.25, 0.3) is 0 Å². The summed E-state index contributed by atoms with van der Waals surface area (Å²) < 4.78 is 13.8. The Hall–Kier alpha value is -4.08. The Kier molecular flexibility index (Phi) is 5.44. The standard InChI is InChI=1S/C21H21N7O3/c1-13-7-5-9-18(28-21(29)27(3)25-26-28)16(13)12-31-19-10-6-8-17(24-19)15-11-22-14(2)23-20(15)30-4/h5-11H,12H2,1-4H3. The number of rotatable bonds is 6. The van der Waals surface area contributed by atoms with Crippen LogP contribution in [0.15, 0.2) is 47.4 Å². The Labute approximate surface area is 178 Å². The number of nitrogens with zero attached hydrogens (tertiary/aromatic N) is 7. The first-order valence-corrected chi connectivity index (χ1v) is 9.53. The van der Waals surface area contributed by atoms with Crippen molar-refractivity contribution in [3.8, 4) is 28.7 Å². The molecule has 4 aromatic rings. The predicted octanol–water partition coefficient (Wildman–Crippen LogP) is 2.02. The molecule has 0 spiro atoms. The fourth-order valence-electron chi connectivity index (χ4n) is 3.11. The smallest absolute Gasteiger partial charge is 0.368 e. The van der Waals surface area contributed by atoms with Crippen LogP contribution in [0.1, 0.15) is 17.0 Å². The molecule has 0 aliphatic heterocycles. The summed E-state index contributed by atoms with van der Waals surface area (Å²) in [6, 6.07) is 11.0. The van der Waals surface area contributed by atoms with E-state index in [1.807, 2.05) is 31.2 Å². The summed E-state index contributed by atoms with van der Waals surface area (Å²) in [6.07, 6.45) is 1.67. The molecule has 31 heavy (non-hydrogen) atoms. The van der Waals surface area contributed by atoms with Gasteiger partial charge in [0.1, 0.15) is 12.4 Å². The zero-order valence-corrected chi connectivity index (χ0v) is 17.6. The Morgan fingerprint density at radius 2 is 1.84 bits per heavy atom. The Bertz CT molecular complexity index is 1300. The molecule has 158 valence electrons. The van der Waals surface area contributed by atoms with E-state index in [1.165, 1.54) is 9.36 Å². The second-order valence-corrected chi connectivity index (χ2v) is 6.86. The summed E-state index contributed by atoms with van der Waals surface area (Å²) >= 11 is 0. The minimum Gasteiger partial charge on any atom is -0.480 e. The van der Waals surface area contributed by atoms with E-state index in [4.69, 9.17) is 9.47 Å². The molecule has 0 N–H and O–H groups in total. The highest BCUT2D eigenvalue weighted by molar-refractivity contribution is 5.64. The molecule has 10 heteroatoms. The molecule has 3 aromatic heterocycles. The maximum Gasteiger partial charge on any atom is 0.368 e. The average Bonchev–Trinajstić information content (AvgIpc) is 3.11. The number of hydrogen-bond donors (Lipinski definition) is 0. The van der Waals surface area contributed by atoms with Crippen molar-refractivity contribution < 1.29 is 9.47 Å². The van der Waals surface area contributed by atoms with Crippen LogP contribution >= 0.6 is 0 Å². The van der Waals surface area contributed by atoms with Crippen LogP contribution in [0.25, 0.3) is 16.9 Å². The van der Waals surface area contributed by atoms with Crippen LogP contribution in [-0.4, -0.2) is 41.9 Å². The number of methoxy groups -OCH3 is 1. The van der Waals surface area contributed by atoms with Crippen LogP contribution in [0.4, 0.5) is 0 Å². The van der Waals surface area contributed by atoms with E-state index in [-0.39, 0.29) is 12.3 Å². The van der Waals surface area contributed by atoms with E-state index in [1.54, 1.807) is 39.4 Å². The van der Waals surface area contributed by atoms with Crippen LogP contribution in [0, 0.1) is 13.8 Å². The highest BCUT2D eigenvalue weighted by atomic mass is 16.5. The third kappa shape index (κ3) is 4.00. The van der Waals surface area contributed by atoms with E-state index in [9.17, 15) is 4.79 Å². The van der Waals surface area contributed by atoms with Crippen molar-refractivity contribution >= 4 is 0 Å². The van der Waals surface area contributed by atoms with Crippen molar-refractivity contribution in [1.29, 1.82) is 0 Å². The van der Waals surface area contributed by atoms with E-state index in [0.717, 1.165) is 11.1 Å². The number of aromatic nitrogens is 7. The Morgan fingerprint density at radius 1 is 1.03 bits per heavy atom. The van der Waals surface area contributed by atoms with Gasteiger partial charge in [-0.2, -0.15) is 14.3 Å². The monoisotopic (exact) mass is 419 g/mol. The van der Waals surface area contributed by atoms with Gasteiger partial charge in [0.05, 0.1) is 24.1 Å². The summed E-state index contributed by atoms with van der Waals surface area (Å²) in [4.78, 5) is 25.4. The topological polar surface area (TPSA) is 110 Å². The van der Waals surface area contributed by atoms with Crippen molar-refractivity contribution in [3.63, 3.8) is 0 Å². The van der Waals surface area contributed by atoms with Crippen molar-refractivity contribution in [2.75, 3.05) is 7.11 Å². The Balaban J connectivity index is 1.64. The van der Waals surface area contributed by atoms with Crippen LogP contribution in [0.2, 0.25) is 0 Å². The second kappa shape index (κ2) is 8.34. The highest BCUT2D eigenvalue weighted by Crippen LogP contribution is 2.27. The summed E-state index contributed by atoms with van der Waals surface area (Å²) in [5, 5.41) is 7.73. The molecule has 0 aliphatic rings. The third-order valence-corrected chi connectivity index (χ3v) is 4.77. The SMILES string of the molecule is COc1nc(C)ncc1-c1cccc(OCc2c(C)cccc2-n2nnn(C)c2=O)n1. The van der Waals surface area contributed by atoms with Gasteiger partial charge in [-0.15, -0.1) is 0 Å². The third-order valence-electron chi connectivity index (χ3n) is 4.77. The molecular formula is C21H21N7O3. The van der Waals surface area contributed by atoms with E-state index in [2.05, 4.69) is 25.4 Å². The van der Waals surface area contributed by atoms with E-state index >= 15 is 0 Å². The summed E-state index contributed by atoms with van der Waals surface area (Å²) in [5.74, 6) is 1.47. The molecule has 0 radical (unpaired) electrons. The number of ether oxygens (including phenoxy) is 2. The first kappa shape index (κ1) is 20.2. The largest absolute Gasteiger partial charge is 0.480 e. The average molecular weight is 419 g/mol. The van der Waals surface area contributed by atoms with Gasteiger partial charge < -0.3 is 9.47 Å². The quantitative estimate of drug-likeness (QED) is 0.467. The van der Waals surface area contributed by atoms with Gasteiger partial charge in [-0.1, -0.05) is 18.2 Å². The van der Waals surface area contributed by atoms with Gasteiger partial charge >= 0.3 is 5.69 Å². The lowest BCUT2D eigenvalue weighted by atomic mass is 10.1. The first-order chi connectivity index (χ1) is 15.0. The van der Waals surface area contributed by atoms with Crippen LogP contribution in [0.5, 0.6) is 11.8 Å². The minimum absolute atomic E-state index is 0.197. The molecule has 0 fully saturated rings. The fraction of sp³-hybridized carbons (Fsp3) is 0.238. The molecule has 0 atom stereocenters. The van der Waals surface area contributed by atoms with E-state index < -0.39 is 0 Å². The number of aryl methyl sites for hydroxylation is 3. The lowest BCUT2D eigenvalue weighted by Gasteiger charge is -2.13. The molecule has 4 rings (SSSR count). The van der Waals surface area contributed by atoms with Crippen molar-refractivity contribution in [1.82, 2.24) is 34.7 Å². The van der Waals surface area contributed by atoms with Gasteiger partial charge in [-0.3, -0.25) is 0 Å². The number of hydrogen-bond acceptors (Lipinski definition) is 8. The Morgan fingerprint density at radius 3 is 2.58 bits per heavy atom.